The normalized spacial score (nSPS) is 8.88. The number of benzene rings is 1. The highest BCUT2D eigenvalue weighted by atomic mass is 16.1. The molecule has 0 fully saturated rings. The van der Waals surface area contributed by atoms with Crippen LogP contribution in [0.3, 0.4) is 0 Å². The Kier molecular flexibility index (Phi) is 3.94. The van der Waals surface area contributed by atoms with Gasteiger partial charge in [0.05, 0.1) is 25.0 Å². The Bertz CT molecular complexity index is 459. The molecular formula is C12H8N2O2. The molecule has 0 aliphatic rings. The maximum Gasteiger partial charge on any atom is 0.177 e. The second kappa shape index (κ2) is 5.43. The zero-order valence-corrected chi connectivity index (χ0v) is 8.43. The Morgan fingerprint density at radius 2 is 1.31 bits per heavy atom. The lowest BCUT2D eigenvalue weighted by molar-refractivity contribution is 0.0965. The van der Waals surface area contributed by atoms with Gasteiger partial charge in [-0.1, -0.05) is 24.3 Å². The van der Waals surface area contributed by atoms with Gasteiger partial charge in [-0.25, -0.2) is 0 Å². The molecule has 4 nitrogen and oxygen atoms in total. The van der Waals surface area contributed by atoms with E-state index in [1.165, 1.54) is 12.1 Å². The highest BCUT2D eigenvalue weighted by Crippen LogP contribution is 2.13. The van der Waals surface area contributed by atoms with Crippen molar-refractivity contribution >= 4 is 11.6 Å². The molecule has 4 heteroatoms. The van der Waals surface area contributed by atoms with Crippen LogP contribution in [0.15, 0.2) is 24.3 Å². The molecule has 0 radical (unpaired) electrons. The number of carbonyl (C=O) groups is 2. The first-order chi connectivity index (χ1) is 7.70. The molecule has 0 heterocycles. The van der Waals surface area contributed by atoms with Crippen LogP contribution in [0.4, 0.5) is 0 Å². The van der Waals surface area contributed by atoms with Crippen LogP contribution in [0.25, 0.3) is 0 Å². The Labute approximate surface area is 92.7 Å². The average molecular weight is 212 g/mol. The van der Waals surface area contributed by atoms with Crippen molar-refractivity contribution in [2.45, 2.75) is 12.8 Å². The van der Waals surface area contributed by atoms with Crippen LogP contribution in [0.1, 0.15) is 33.6 Å². The third-order valence-electron chi connectivity index (χ3n) is 2.01. The summed E-state index contributed by atoms with van der Waals surface area (Å²) in [5.41, 5.74) is 0.425. The van der Waals surface area contributed by atoms with Gasteiger partial charge in [0.1, 0.15) is 0 Å². The van der Waals surface area contributed by atoms with Crippen LogP contribution in [0.5, 0.6) is 0 Å². The molecule has 0 aromatic heterocycles. The number of Topliss-reactive ketones (excluding diaryl/α,β-unsaturated/α-hetero) is 2. The lowest BCUT2D eigenvalue weighted by atomic mass is 9.98. The first kappa shape index (κ1) is 11.6. The van der Waals surface area contributed by atoms with Crippen molar-refractivity contribution < 1.29 is 9.59 Å². The van der Waals surface area contributed by atoms with Crippen LogP contribution in [0.2, 0.25) is 0 Å². The molecule has 1 aromatic carbocycles. The van der Waals surface area contributed by atoms with Crippen molar-refractivity contribution in [3.8, 4) is 12.1 Å². The maximum atomic E-state index is 11.5. The number of hydrogen-bond donors (Lipinski definition) is 0. The number of ketones is 2. The lowest BCUT2D eigenvalue weighted by Crippen LogP contribution is -2.08. The molecule has 0 bridgehead atoms. The quantitative estimate of drug-likeness (QED) is 0.713. The summed E-state index contributed by atoms with van der Waals surface area (Å²) >= 11 is 0. The Hall–Kier alpha value is -2.46. The van der Waals surface area contributed by atoms with E-state index in [9.17, 15) is 9.59 Å². The number of carbonyl (C=O) groups excluding carboxylic acids is 2. The second-order valence-corrected chi connectivity index (χ2v) is 3.06. The van der Waals surface area contributed by atoms with Gasteiger partial charge in [-0.3, -0.25) is 9.59 Å². The summed E-state index contributed by atoms with van der Waals surface area (Å²) in [6.07, 6.45) is -0.534. The minimum absolute atomic E-state index is 0.212. The van der Waals surface area contributed by atoms with E-state index in [0.717, 1.165) is 0 Å². The molecule has 0 saturated carbocycles. The van der Waals surface area contributed by atoms with Gasteiger partial charge >= 0.3 is 0 Å². The van der Waals surface area contributed by atoms with E-state index >= 15 is 0 Å². The molecule has 0 aliphatic carbocycles. The maximum absolute atomic E-state index is 11.5. The van der Waals surface area contributed by atoms with Gasteiger partial charge in [-0.15, -0.1) is 0 Å². The molecular weight excluding hydrogens is 204 g/mol. The Morgan fingerprint density at radius 1 is 0.938 bits per heavy atom. The molecule has 1 aromatic rings. The highest BCUT2D eigenvalue weighted by Gasteiger charge is 2.15. The van der Waals surface area contributed by atoms with Gasteiger partial charge in [-0.05, 0) is 0 Å². The predicted molar refractivity (Wildman–Crippen MR) is 55.6 cm³/mol. The molecule has 0 aliphatic heterocycles. The van der Waals surface area contributed by atoms with Crippen molar-refractivity contribution in [1.29, 1.82) is 10.5 Å². The van der Waals surface area contributed by atoms with E-state index in [1.54, 1.807) is 24.3 Å². The molecule has 0 spiro atoms. The lowest BCUT2D eigenvalue weighted by Gasteiger charge is -2.03. The summed E-state index contributed by atoms with van der Waals surface area (Å²) < 4.78 is 0. The van der Waals surface area contributed by atoms with E-state index in [0.29, 0.717) is 0 Å². The number of hydrogen-bond acceptors (Lipinski definition) is 4. The van der Waals surface area contributed by atoms with Crippen LogP contribution in [-0.2, 0) is 0 Å². The Morgan fingerprint density at radius 3 is 1.62 bits per heavy atom. The number of rotatable bonds is 4. The first-order valence-corrected chi connectivity index (χ1v) is 4.60. The molecule has 0 atom stereocenters. The van der Waals surface area contributed by atoms with Crippen molar-refractivity contribution in [1.82, 2.24) is 0 Å². The monoisotopic (exact) mass is 212 g/mol. The van der Waals surface area contributed by atoms with Gasteiger partial charge in [-0.2, -0.15) is 10.5 Å². The first-order valence-electron chi connectivity index (χ1n) is 4.60. The van der Waals surface area contributed by atoms with E-state index in [1.807, 2.05) is 0 Å². The highest BCUT2D eigenvalue weighted by molar-refractivity contribution is 6.09. The minimum atomic E-state index is -0.399. The molecule has 0 saturated heterocycles. The fourth-order valence-electron chi connectivity index (χ4n) is 1.30. The smallest absolute Gasteiger partial charge is 0.177 e. The van der Waals surface area contributed by atoms with Crippen molar-refractivity contribution in [3.05, 3.63) is 35.4 Å². The zero-order valence-electron chi connectivity index (χ0n) is 8.43. The van der Waals surface area contributed by atoms with Gasteiger partial charge in [0.2, 0.25) is 0 Å². The van der Waals surface area contributed by atoms with Gasteiger partial charge in [0, 0.05) is 11.1 Å². The molecule has 1 rings (SSSR count). The van der Waals surface area contributed by atoms with Gasteiger partial charge in [0.25, 0.3) is 0 Å². The SMILES string of the molecule is N#CCC(=O)c1ccccc1C(=O)CC#N. The minimum Gasteiger partial charge on any atom is -0.293 e. The van der Waals surface area contributed by atoms with Crippen molar-refractivity contribution in [2.24, 2.45) is 0 Å². The summed E-state index contributed by atoms with van der Waals surface area (Å²) in [5.74, 6) is -0.797. The third kappa shape index (κ3) is 2.52. The Balaban J connectivity index is 3.12. The molecule has 0 N–H and O–H groups in total. The molecule has 16 heavy (non-hydrogen) atoms. The summed E-state index contributed by atoms with van der Waals surface area (Å²) in [6, 6.07) is 9.69. The van der Waals surface area contributed by atoms with Crippen molar-refractivity contribution in [2.75, 3.05) is 0 Å². The standard InChI is InChI=1S/C12H8N2O2/c13-7-5-11(15)9-3-1-2-4-10(9)12(16)6-8-14/h1-4H,5-6H2. The van der Waals surface area contributed by atoms with Gasteiger partial charge < -0.3 is 0 Å². The van der Waals surface area contributed by atoms with Crippen LogP contribution in [0, 0.1) is 22.7 Å². The van der Waals surface area contributed by atoms with E-state index < -0.39 is 11.6 Å². The number of nitrogens with zero attached hydrogens (tertiary/aromatic N) is 2. The van der Waals surface area contributed by atoms with Gasteiger partial charge in [0.15, 0.2) is 11.6 Å². The summed E-state index contributed by atoms with van der Waals surface area (Å²) in [4.78, 5) is 23.0. The molecule has 0 unspecified atom stereocenters. The second-order valence-electron chi connectivity index (χ2n) is 3.06. The third-order valence-corrected chi connectivity index (χ3v) is 2.01. The fourth-order valence-corrected chi connectivity index (χ4v) is 1.30. The summed E-state index contributed by atoms with van der Waals surface area (Å²) in [5, 5.41) is 16.8. The molecule has 0 amide bonds. The average Bonchev–Trinajstić information content (AvgIpc) is 2.30. The topological polar surface area (TPSA) is 81.7 Å². The van der Waals surface area contributed by atoms with E-state index in [2.05, 4.69) is 0 Å². The molecule has 78 valence electrons. The van der Waals surface area contributed by atoms with Crippen molar-refractivity contribution in [3.63, 3.8) is 0 Å². The van der Waals surface area contributed by atoms with Crippen LogP contribution in [-0.4, -0.2) is 11.6 Å². The number of nitriles is 2. The zero-order chi connectivity index (χ0) is 12.0. The summed E-state index contributed by atoms with van der Waals surface area (Å²) in [6.45, 7) is 0. The fraction of sp³-hybridized carbons (Fsp3) is 0.167. The van der Waals surface area contributed by atoms with E-state index in [-0.39, 0.29) is 24.0 Å². The van der Waals surface area contributed by atoms with Crippen LogP contribution < -0.4 is 0 Å². The predicted octanol–water partition coefficient (Wildman–Crippen LogP) is 1.88. The largest absolute Gasteiger partial charge is 0.293 e. The summed E-state index contributed by atoms with van der Waals surface area (Å²) in [7, 11) is 0. The van der Waals surface area contributed by atoms with Crippen LogP contribution >= 0.6 is 0 Å². The van der Waals surface area contributed by atoms with E-state index in [4.69, 9.17) is 10.5 Å².